The molecule has 0 radical (unpaired) electrons. The van der Waals surface area contributed by atoms with Crippen LogP contribution < -0.4 is 10.1 Å². The molecule has 1 amide bonds. The van der Waals surface area contributed by atoms with Crippen molar-refractivity contribution in [2.45, 2.75) is 31.7 Å². The Hall–Kier alpha value is -2.07. The molecule has 0 fully saturated rings. The van der Waals surface area contributed by atoms with Gasteiger partial charge in [-0.15, -0.1) is 10.2 Å². The van der Waals surface area contributed by atoms with Crippen molar-refractivity contribution in [1.82, 2.24) is 14.8 Å². The number of halogens is 5. The average molecular weight is 522 g/mol. The maximum Gasteiger partial charge on any atom is 0.234 e. The maximum atomic E-state index is 13.9. The van der Waals surface area contributed by atoms with Gasteiger partial charge >= 0.3 is 0 Å². The molecule has 2 aromatic carbocycles. The van der Waals surface area contributed by atoms with Crippen molar-refractivity contribution in [3.05, 3.63) is 62.9 Å². The zero-order valence-corrected chi connectivity index (χ0v) is 19.9. The van der Waals surface area contributed by atoms with E-state index < -0.39 is 17.7 Å². The highest BCUT2D eigenvalue weighted by atomic mass is 35.5. The standard InChI is InChI=1S/C20H17Cl3F2N4O2S/c1-3-29-19(10(2)31-17-5-4-11(24)6-15(17)25)27-28-20(29)32-9-18(30)26-16-8-13(22)12(21)7-14(16)23/h4-8,10H,3,9H2,1-2H3,(H,26,30). The number of nitrogens with zero attached hydrogens (tertiary/aromatic N) is 3. The number of amides is 1. The molecule has 0 aliphatic heterocycles. The molecule has 0 spiro atoms. The Morgan fingerprint density at radius 2 is 1.88 bits per heavy atom. The molecular formula is C20H17Cl3F2N4O2S. The van der Waals surface area contributed by atoms with Crippen LogP contribution in [-0.2, 0) is 11.3 Å². The molecule has 1 unspecified atom stereocenters. The summed E-state index contributed by atoms with van der Waals surface area (Å²) in [5, 5.41) is 12.2. The van der Waals surface area contributed by atoms with Crippen molar-refractivity contribution >= 4 is 58.2 Å². The number of benzene rings is 2. The first kappa shape index (κ1) is 24.6. The fourth-order valence-corrected chi connectivity index (χ4v) is 4.16. The van der Waals surface area contributed by atoms with Crippen LogP contribution in [0, 0.1) is 11.6 Å². The van der Waals surface area contributed by atoms with Gasteiger partial charge in [-0.1, -0.05) is 46.6 Å². The molecule has 32 heavy (non-hydrogen) atoms. The summed E-state index contributed by atoms with van der Waals surface area (Å²) in [6, 6.07) is 5.97. The predicted molar refractivity (Wildman–Crippen MR) is 122 cm³/mol. The fraction of sp³-hybridized carbons (Fsp3) is 0.250. The quantitative estimate of drug-likeness (QED) is 0.274. The second-order valence-corrected chi connectivity index (χ2v) is 8.67. The summed E-state index contributed by atoms with van der Waals surface area (Å²) in [4.78, 5) is 12.4. The lowest BCUT2D eigenvalue weighted by molar-refractivity contribution is -0.113. The molecule has 0 aliphatic rings. The van der Waals surface area contributed by atoms with Crippen LogP contribution in [0.3, 0.4) is 0 Å². The highest BCUT2D eigenvalue weighted by Crippen LogP contribution is 2.32. The van der Waals surface area contributed by atoms with Crippen LogP contribution in [0.25, 0.3) is 0 Å². The lowest BCUT2D eigenvalue weighted by atomic mass is 10.3. The Kier molecular flexibility index (Phi) is 8.21. The third-order valence-corrected chi connectivity index (χ3v) is 6.24. The Labute approximate surface area is 202 Å². The number of carbonyl (C=O) groups is 1. The number of aromatic nitrogens is 3. The Balaban J connectivity index is 1.67. The lowest BCUT2D eigenvalue weighted by Crippen LogP contribution is -2.16. The Morgan fingerprint density at radius 1 is 1.16 bits per heavy atom. The van der Waals surface area contributed by atoms with E-state index in [1.807, 2.05) is 6.92 Å². The first-order valence-corrected chi connectivity index (χ1v) is 11.4. The number of hydrogen-bond donors (Lipinski definition) is 1. The molecular weight excluding hydrogens is 505 g/mol. The van der Waals surface area contributed by atoms with E-state index in [0.29, 0.717) is 23.2 Å². The van der Waals surface area contributed by atoms with Crippen LogP contribution in [0.5, 0.6) is 5.75 Å². The summed E-state index contributed by atoms with van der Waals surface area (Å²) >= 11 is 19.1. The zero-order valence-electron chi connectivity index (χ0n) is 16.8. The number of hydrogen-bond acceptors (Lipinski definition) is 5. The Bertz CT molecular complexity index is 1150. The molecule has 0 aliphatic carbocycles. The van der Waals surface area contributed by atoms with Crippen LogP contribution in [0.4, 0.5) is 14.5 Å². The van der Waals surface area contributed by atoms with E-state index in [2.05, 4.69) is 15.5 Å². The lowest BCUT2D eigenvalue weighted by Gasteiger charge is -2.16. The molecule has 12 heteroatoms. The number of carbonyl (C=O) groups excluding carboxylic acids is 1. The summed E-state index contributed by atoms with van der Waals surface area (Å²) in [7, 11) is 0. The van der Waals surface area contributed by atoms with E-state index in [4.69, 9.17) is 39.5 Å². The minimum Gasteiger partial charge on any atom is -0.480 e. The highest BCUT2D eigenvalue weighted by Gasteiger charge is 2.21. The normalized spacial score (nSPS) is 12.0. The van der Waals surface area contributed by atoms with Gasteiger partial charge in [-0.2, -0.15) is 0 Å². The average Bonchev–Trinajstić information content (AvgIpc) is 3.15. The van der Waals surface area contributed by atoms with E-state index >= 15 is 0 Å². The molecule has 1 aromatic heterocycles. The van der Waals surface area contributed by atoms with E-state index in [9.17, 15) is 13.6 Å². The van der Waals surface area contributed by atoms with Gasteiger partial charge in [0.1, 0.15) is 5.82 Å². The van der Waals surface area contributed by atoms with Gasteiger partial charge in [0.05, 0.1) is 26.5 Å². The van der Waals surface area contributed by atoms with Crippen molar-refractivity contribution in [3.8, 4) is 5.75 Å². The molecule has 3 rings (SSSR count). The summed E-state index contributed by atoms with van der Waals surface area (Å²) in [6.45, 7) is 4.04. The topological polar surface area (TPSA) is 69.0 Å². The van der Waals surface area contributed by atoms with E-state index in [1.165, 1.54) is 18.2 Å². The monoisotopic (exact) mass is 520 g/mol. The number of thioether (sulfide) groups is 1. The largest absolute Gasteiger partial charge is 0.480 e. The van der Waals surface area contributed by atoms with Gasteiger partial charge in [0, 0.05) is 12.6 Å². The molecule has 6 nitrogen and oxygen atoms in total. The molecule has 0 saturated heterocycles. The van der Waals surface area contributed by atoms with Gasteiger partial charge < -0.3 is 14.6 Å². The van der Waals surface area contributed by atoms with Gasteiger partial charge in [0.25, 0.3) is 0 Å². The smallest absolute Gasteiger partial charge is 0.234 e. The third kappa shape index (κ3) is 5.83. The van der Waals surface area contributed by atoms with E-state index in [-0.39, 0.29) is 32.5 Å². The van der Waals surface area contributed by atoms with Gasteiger partial charge in [-0.05, 0) is 38.1 Å². The second kappa shape index (κ2) is 10.7. The molecule has 0 bridgehead atoms. The van der Waals surface area contributed by atoms with Gasteiger partial charge in [0.15, 0.2) is 28.7 Å². The fourth-order valence-electron chi connectivity index (χ4n) is 2.75. The molecule has 1 heterocycles. The maximum absolute atomic E-state index is 13.9. The first-order chi connectivity index (χ1) is 15.2. The second-order valence-electron chi connectivity index (χ2n) is 6.50. The molecule has 170 valence electrons. The van der Waals surface area contributed by atoms with Crippen LogP contribution in [0.2, 0.25) is 15.1 Å². The van der Waals surface area contributed by atoms with Crippen LogP contribution >= 0.6 is 46.6 Å². The SMILES string of the molecule is CCn1c(SCC(=O)Nc2cc(Cl)c(Cl)cc2Cl)nnc1C(C)Oc1ccc(F)cc1F. The minimum atomic E-state index is -0.813. The summed E-state index contributed by atoms with van der Waals surface area (Å²) in [5.41, 5.74) is 0.340. The van der Waals surface area contributed by atoms with Crippen LogP contribution in [-0.4, -0.2) is 26.4 Å². The van der Waals surface area contributed by atoms with Crippen LogP contribution in [0.1, 0.15) is 25.8 Å². The molecule has 0 saturated carbocycles. The number of rotatable bonds is 8. The number of ether oxygens (including phenoxy) is 1. The van der Waals surface area contributed by atoms with Crippen molar-refractivity contribution < 1.29 is 18.3 Å². The molecule has 3 aromatic rings. The third-order valence-electron chi connectivity index (χ3n) is 4.24. The zero-order chi connectivity index (χ0) is 23.4. The van der Waals surface area contributed by atoms with Gasteiger partial charge in [-0.3, -0.25) is 4.79 Å². The van der Waals surface area contributed by atoms with E-state index in [0.717, 1.165) is 23.9 Å². The molecule has 1 N–H and O–H groups in total. The number of anilines is 1. The van der Waals surface area contributed by atoms with Gasteiger partial charge in [0.2, 0.25) is 5.91 Å². The summed E-state index contributed by atoms with van der Waals surface area (Å²) < 4.78 is 34.3. The minimum absolute atomic E-state index is 0.0243. The predicted octanol–water partition coefficient (Wildman–Crippen LogP) is 6.41. The van der Waals surface area contributed by atoms with E-state index in [1.54, 1.807) is 11.5 Å². The van der Waals surface area contributed by atoms with Crippen molar-refractivity contribution in [1.29, 1.82) is 0 Å². The van der Waals surface area contributed by atoms with Gasteiger partial charge in [-0.25, -0.2) is 8.78 Å². The number of nitrogens with one attached hydrogen (secondary N) is 1. The van der Waals surface area contributed by atoms with Crippen molar-refractivity contribution in [2.75, 3.05) is 11.1 Å². The van der Waals surface area contributed by atoms with Crippen LogP contribution in [0.15, 0.2) is 35.5 Å². The highest BCUT2D eigenvalue weighted by molar-refractivity contribution is 7.99. The Morgan fingerprint density at radius 3 is 2.56 bits per heavy atom. The summed E-state index contributed by atoms with van der Waals surface area (Å²) in [6.07, 6.45) is -0.666. The van der Waals surface area contributed by atoms with Crippen molar-refractivity contribution in [2.24, 2.45) is 0 Å². The molecule has 1 atom stereocenters. The summed E-state index contributed by atoms with van der Waals surface area (Å²) in [5.74, 6) is -1.48. The first-order valence-electron chi connectivity index (χ1n) is 9.31. The van der Waals surface area contributed by atoms with Crippen molar-refractivity contribution in [3.63, 3.8) is 0 Å².